The van der Waals surface area contributed by atoms with Crippen molar-refractivity contribution in [3.63, 3.8) is 0 Å². The number of hydrogen-bond donors (Lipinski definition) is 1. The molecule has 2 aromatic rings. The fourth-order valence-electron chi connectivity index (χ4n) is 2.76. The monoisotopic (exact) mass is 288 g/mol. The van der Waals surface area contributed by atoms with Crippen LogP contribution >= 0.6 is 0 Å². The van der Waals surface area contributed by atoms with Crippen molar-refractivity contribution in [1.82, 2.24) is 4.98 Å². The van der Waals surface area contributed by atoms with Gasteiger partial charge in [0.05, 0.1) is 11.0 Å². The number of rotatable bonds is 3. The molecule has 6 heteroatoms. The van der Waals surface area contributed by atoms with Crippen molar-refractivity contribution in [1.29, 1.82) is 0 Å². The van der Waals surface area contributed by atoms with E-state index >= 15 is 0 Å². The highest BCUT2D eigenvalue weighted by atomic mass is 16.6. The van der Waals surface area contributed by atoms with Crippen molar-refractivity contribution in [3.8, 4) is 5.75 Å². The van der Waals surface area contributed by atoms with Crippen LogP contribution in [0.25, 0.3) is 10.9 Å². The summed E-state index contributed by atoms with van der Waals surface area (Å²) in [5.74, 6) is 0.537. The first-order valence-electron chi connectivity index (χ1n) is 7.03. The Bertz CT molecular complexity index is 674. The van der Waals surface area contributed by atoms with E-state index in [1.165, 1.54) is 12.3 Å². The molecule has 0 spiro atoms. The van der Waals surface area contributed by atoms with E-state index in [1.807, 2.05) is 0 Å². The average Bonchev–Trinajstić information content (AvgIpc) is 2.49. The number of nitro benzene ring substituents is 1. The topological polar surface area (TPSA) is 85.5 Å². The van der Waals surface area contributed by atoms with Gasteiger partial charge < -0.3 is 9.84 Å². The smallest absolute Gasteiger partial charge is 0.295 e. The van der Waals surface area contributed by atoms with Crippen molar-refractivity contribution in [3.05, 3.63) is 40.6 Å². The number of nitrogens with zero attached hydrogens (tertiary/aromatic N) is 2. The minimum Gasteiger partial charge on any atom is -0.487 e. The van der Waals surface area contributed by atoms with Gasteiger partial charge in [0.1, 0.15) is 11.9 Å². The Hall–Kier alpha value is -2.21. The first kappa shape index (κ1) is 13.8. The van der Waals surface area contributed by atoms with E-state index in [-0.39, 0.29) is 11.8 Å². The lowest BCUT2D eigenvalue weighted by molar-refractivity contribution is -0.383. The SMILES string of the molecule is O=[N+]([O-])c1ccc(O[C@@H]2CCCC[C@H]2O)c2cccnc12. The van der Waals surface area contributed by atoms with Crippen molar-refractivity contribution in [2.75, 3.05) is 0 Å². The van der Waals surface area contributed by atoms with Crippen LogP contribution in [0.15, 0.2) is 30.5 Å². The molecule has 3 rings (SSSR count). The summed E-state index contributed by atoms with van der Waals surface area (Å²) in [5, 5.41) is 21.7. The quantitative estimate of drug-likeness (QED) is 0.693. The van der Waals surface area contributed by atoms with Crippen LogP contribution in [-0.4, -0.2) is 27.2 Å². The van der Waals surface area contributed by atoms with Gasteiger partial charge in [0.25, 0.3) is 5.69 Å². The summed E-state index contributed by atoms with van der Waals surface area (Å²) >= 11 is 0. The third kappa shape index (κ3) is 2.67. The first-order valence-corrected chi connectivity index (χ1v) is 7.03. The van der Waals surface area contributed by atoms with Gasteiger partial charge in [-0.15, -0.1) is 0 Å². The Morgan fingerprint density at radius 2 is 2.10 bits per heavy atom. The predicted molar refractivity (Wildman–Crippen MR) is 77.3 cm³/mol. The number of fused-ring (bicyclic) bond motifs is 1. The minimum absolute atomic E-state index is 0.0397. The lowest BCUT2D eigenvalue weighted by Gasteiger charge is -2.28. The van der Waals surface area contributed by atoms with Gasteiger partial charge in [0.2, 0.25) is 0 Å². The molecule has 1 heterocycles. The number of aliphatic hydroxyl groups is 1. The molecule has 1 aromatic heterocycles. The van der Waals surface area contributed by atoms with Gasteiger partial charge in [-0.25, -0.2) is 4.98 Å². The molecule has 1 aromatic carbocycles. The van der Waals surface area contributed by atoms with E-state index < -0.39 is 11.0 Å². The van der Waals surface area contributed by atoms with Crippen LogP contribution in [0.5, 0.6) is 5.75 Å². The summed E-state index contributed by atoms with van der Waals surface area (Å²) in [6.07, 6.45) is 4.32. The number of aliphatic hydroxyl groups excluding tert-OH is 1. The zero-order chi connectivity index (χ0) is 14.8. The second kappa shape index (κ2) is 5.65. The summed E-state index contributed by atoms with van der Waals surface area (Å²) in [6.45, 7) is 0. The van der Waals surface area contributed by atoms with Gasteiger partial charge >= 0.3 is 0 Å². The Balaban J connectivity index is 1.99. The minimum atomic E-state index is -0.485. The van der Waals surface area contributed by atoms with Gasteiger partial charge in [-0.2, -0.15) is 0 Å². The molecule has 0 bridgehead atoms. The zero-order valence-electron chi connectivity index (χ0n) is 11.4. The molecule has 0 aliphatic heterocycles. The average molecular weight is 288 g/mol. The van der Waals surface area contributed by atoms with Crippen LogP contribution in [0.4, 0.5) is 5.69 Å². The molecule has 1 N–H and O–H groups in total. The standard InChI is InChI=1S/C15H16N2O4/c18-12-5-1-2-6-14(12)21-13-8-7-11(17(19)20)15-10(13)4-3-9-16-15/h3-4,7-9,12,14,18H,1-2,5-6H2/t12-,14-/m1/s1. The van der Waals surface area contributed by atoms with E-state index in [0.29, 0.717) is 16.7 Å². The second-order valence-electron chi connectivity index (χ2n) is 5.25. The largest absolute Gasteiger partial charge is 0.487 e. The number of benzene rings is 1. The number of ether oxygens (including phenoxy) is 1. The summed E-state index contributed by atoms with van der Waals surface area (Å²) < 4.78 is 5.90. The summed E-state index contributed by atoms with van der Waals surface area (Å²) in [7, 11) is 0. The highest BCUT2D eigenvalue weighted by molar-refractivity contribution is 5.92. The van der Waals surface area contributed by atoms with Crippen molar-refractivity contribution < 1.29 is 14.8 Å². The van der Waals surface area contributed by atoms with Crippen LogP contribution in [-0.2, 0) is 0 Å². The maximum absolute atomic E-state index is 11.1. The van der Waals surface area contributed by atoms with Crippen LogP contribution in [0.2, 0.25) is 0 Å². The normalized spacial score (nSPS) is 22.1. The molecular weight excluding hydrogens is 272 g/mol. The number of pyridine rings is 1. The molecule has 21 heavy (non-hydrogen) atoms. The van der Waals surface area contributed by atoms with E-state index in [2.05, 4.69) is 4.98 Å². The van der Waals surface area contributed by atoms with Crippen LogP contribution in [0, 0.1) is 10.1 Å². The first-order chi connectivity index (χ1) is 10.2. The van der Waals surface area contributed by atoms with E-state index in [9.17, 15) is 15.2 Å². The molecule has 0 saturated heterocycles. The van der Waals surface area contributed by atoms with Crippen molar-refractivity contribution in [2.45, 2.75) is 37.9 Å². The lowest BCUT2D eigenvalue weighted by Crippen LogP contribution is -2.34. The number of nitro groups is 1. The molecule has 1 aliphatic rings. The molecule has 2 atom stereocenters. The van der Waals surface area contributed by atoms with Gasteiger partial charge in [0.15, 0.2) is 5.52 Å². The molecule has 0 radical (unpaired) electrons. The fourth-order valence-corrected chi connectivity index (χ4v) is 2.76. The number of aromatic nitrogens is 1. The lowest BCUT2D eigenvalue weighted by atomic mass is 9.95. The summed E-state index contributed by atoms with van der Waals surface area (Å²) in [6, 6.07) is 6.46. The van der Waals surface area contributed by atoms with Crippen LogP contribution < -0.4 is 4.74 Å². The third-order valence-corrected chi connectivity index (χ3v) is 3.85. The maximum Gasteiger partial charge on any atom is 0.295 e. The highest BCUT2D eigenvalue weighted by Crippen LogP contribution is 2.33. The number of non-ortho nitro benzene ring substituents is 1. The third-order valence-electron chi connectivity index (χ3n) is 3.85. The van der Waals surface area contributed by atoms with Crippen molar-refractivity contribution >= 4 is 16.6 Å². The van der Waals surface area contributed by atoms with Gasteiger partial charge in [-0.1, -0.05) is 6.42 Å². The van der Waals surface area contributed by atoms with E-state index in [0.717, 1.165) is 25.7 Å². The molecule has 0 amide bonds. The molecule has 1 aliphatic carbocycles. The van der Waals surface area contributed by atoms with Gasteiger partial charge in [0, 0.05) is 17.6 Å². The molecule has 0 unspecified atom stereocenters. The van der Waals surface area contributed by atoms with E-state index in [1.54, 1.807) is 18.2 Å². The maximum atomic E-state index is 11.1. The van der Waals surface area contributed by atoms with Crippen LogP contribution in [0.3, 0.4) is 0 Å². The van der Waals surface area contributed by atoms with Gasteiger partial charge in [-0.05, 0) is 37.5 Å². The summed E-state index contributed by atoms with van der Waals surface area (Å²) in [5.41, 5.74) is 0.271. The van der Waals surface area contributed by atoms with E-state index in [4.69, 9.17) is 4.74 Å². The Morgan fingerprint density at radius 1 is 1.29 bits per heavy atom. The van der Waals surface area contributed by atoms with Gasteiger partial charge in [-0.3, -0.25) is 10.1 Å². The highest BCUT2D eigenvalue weighted by Gasteiger charge is 2.26. The predicted octanol–water partition coefficient (Wildman–Crippen LogP) is 2.83. The second-order valence-corrected chi connectivity index (χ2v) is 5.25. The molecule has 110 valence electrons. The molecule has 1 fully saturated rings. The Kier molecular flexibility index (Phi) is 3.70. The molecular formula is C15H16N2O4. The fraction of sp³-hybridized carbons (Fsp3) is 0.400. The molecule has 1 saturated carbocycles. The summed E-state index contributed by atoms with van der Waals surface area (Å²) in [4.78, 5) is 14.7. The zero-order valence-corrected chi connectivity index (χ0v) is 11.4. The number of hydrogen-bond acceptors (Lipinski definition) is 5. The Labute approximate surface area is 121 Å². The molecule has 6 nitrogen and oxygen atoms in total. The van der Waals surface area contributed by atoms with Crippen molar-refractivity contribution in [2.24, 2.45) is 0 Å². The Morgan fingerprint density at radius 3 is 2.86 bits per heavy atom. The van der Waals surface area contributed by atoms with Crippen LogP contribution in [0.1, 0.15) is 25.7 Å².